The van der Waals surface area contributed by atoms with Crippen LogP contribution in [0.5, 0.6) is 0 Å². The lowest BCUT2D eigenvalue weighted by Gasteiger charge is -2.23. The van der Waals surface area contributed by atoms with Crippen LogP contribution in [0.4, 0.5) is 13.2 Å². The number of halogens is 3. The summed E-state index contributed by atoms with van der Waals surface area (Å²) >= 11 is 0. The van der Waals surface area contributed by atoms with Crippen molar-refractivity contribution in [3.05, 3.63) is 65.1 Å². The number of alkyl halides is 3. The number of nitrogens with zero attached hydrogens (tertiary/aromatic N) is 2. The summed E-state index contributed by atoms with van der Waals surface area (Å²) < 4.78 is 41.8. The van der Waals surface area contributed by atoms with Crippen molar-refractivity contribution in [3.8, 4) is 0 Å². The van der Waals surface area contributed by atoms with Gasteiger partial charge in [-0.15, -0.1) is 0 Å². The molecule has 1 saturated carbocycles. The first-order valence-corrected chi connectivity index (χ1v) is 11.6. The molecule has 176 valence electrons. The molecule has 1 N–H and O–H groups in total. The van der Waals surface area contributed by atoms with Gasteiger partial charge in [-0.3, -0.25) is 4.79 Å². The fraction of sp³-hybridized carbons (Fsp3) is 0.462. The fourth-order valence-corrected chi connectivity index (χ4v) is 4.89. The van der Waals surface area contributed by atoms with Crippen LogP contribution in [0.3, 0.4) is 0 Å². The van der Waals surface area contributed by atoms with E-state index in [1.54, 1.807) is 0 Å². The van der Waals surface area contributed by atoms with Crippen LogP contribution < -0.4 is 5.32 Å². The summed E-state index contributed by atoms with van der Waals surface area (Å²) in [5.74, 6) is -0.200. The third kappa shape index (κ3) is 5.23. The standard InChI is InChI=1S/C26H30F3N3O/c1-17(21-16-32(2)23-11-7-6-10-20(21)23)25(33)30-15-19-12-13-24(26(27,28)29)31-22(19)14-18-8-4-3-5-9-18/h6-7,10-13,16-18H,3-5,8-9,14-15H2,1-2H3,(H,30,33). The first-order chi connectivity index (χ1) is 15.7. The number of hydrogen-bond acceptors (Lipinski definition) is 2. The van der Waals surface area contributed by atoms with Gasteiger partial charge >= 0.3 is 6.18 Å². The Bertz CT molecular complexity index is 1130. The maximum absolute atomic E-state index is 13.3. The summed E-state index contributed by atoms with van der Waals surface area (Å²) in [5, 5.41) is 3.96. The van der Waals surface area contributed by atoms with Gasteiger partial charge in [-0.2, -0.15) is 13.2 Å². The normalized spacial score (nSPS) is 16.2. The Morgan fingerprint density at radius 3 is 2.61 bits per heavy atom. The molecule has 3 aromatic rings. The lowest BCUT2D eigenvalue weighted by Crippen LogP contribution is -2.28. The van der Waals surface area contributed by atoms with Gasteiger partial charge in [-0.25, -0.2) is 4.98 Å². The number of pyridine rings is 1. The number of aromatic nitrogens is 2. The molecule has 0 spiro atoms. The van der Waals surface area contributed by atoms with Gasteiger partial charge in [-0.05, 0) is 42.5 Å². The molecular weight excluding hydrogens is 427 g/mol. The van der Waals surface area contributed by atoms with Crippen molar-refractivity contribution in [1.29, 1.82) is 0 Å². The second-order valence-corrected chi connectivity index (χ2v) is 9.16. The van der Waals surface area contributed by atoms with E-state index in [2.05, 4.69) is 10.3 Å². The minimum Gasteiger partial charge on any atom is -0.351 e. The topological polar surface area (TPSA) is 46.9 Å². The Morgan fingerprint density at radius 2 is 1.88 bits per heavy atom. The number of fused-ring (bicyclic) bond motifs is 1. The first-order valence-electron chi connectivity index (χ1n) is 11.6. The average Bonchev–Trinajstić information content (AvgIpc) is 3.14. The van der Waals surface area contributed by atoms with Crippen LogP contribution in [0.15, 0.2) is 42.6 Å². The summed E-state index contributed by atoms with van der Waals surface area (Å²) in [6.45, 7) is 2.02. The molecular formula is C26H30F3N3O. The van der Waals surface area contributed by atoms with Crippen molar-refractivity contribution < 1.29 is 18.0 Å². The number of amides is 1. The molecule has 2 heterocycles. The van der Waals surface area contributed by atoms with Gasteiger partial charge in [0.15, 0.2) is 0 Å². The van der Waals surface area contributed by atoms with Gasteiger partial charge in [0, 0.05) is 36.4 Å². The number of carbonyl (C=O) groups excluding carboxylic acids is 1. The lowest BCUT2D eigenvalue weighted by atomic mass is 9.85. The number of benzene rings is 1. The molecule has 2 aromatic heterocycles. The molecule has 1 fully saturated rings. The zero-order valence-corrected chi connectivity index (χ0v) is 19.1. The highest BCUT2D eigenvalue weighted by molar-refractivity contribution is 5.92. The van der Waals surface area contributed by atoms with Crippen LogP contribution in [0, 0.1) is 5.92 Å². The van der Waals surface area contributed by atoms with E-state index >= 15 is 0 Å². The van der Waals surface area contributed by atoms with Crippen LogP contribution in [0.2, 0.25) is 0 Å². The van der Waals surface area contributed by atoms with Crippen molar-refractivity contribution in [1.82, 2.24) is 14.9 Å². The summed E-state index contributed by atoms with van der Waals surface area (Å²) in [7, 11) is 1.95. The number of carbonyl (C=O) groups is 1. The third-order valence-electron chi connectivity index (χ3n) is 6.81. The summed E-state index contributed by atoms with van der Waals surface area (Å²) in [6.07, 6.45) is 3.44. The molecule has 4 nitrogen and oxygen atoms in total. The molecule has 0 bridgehead atoms. The number of rotatable bonds is 6. The van der Waals surface area contributed by atoms with E-state index in [0.29, 0.717) is 23.6 Å². The van der Waals surface area contributed by atoms with Gasteiger partial charge in [-0.1, -0.05) is 56.4 Å². The van der Waals surface area contributed by atoms with Gasteiger partial charge in [0.1, 0.15) is 5.69 Å². The zero-order chi connectivity index (χ0) is 23.6. The van der Waals surface area contributed by atoms with Crippen molar-refractivity contribution >= 4 is 16.8 Å². The van der Waals surface area contributed by atoms with Crippen molar-refractivity contribution in [3.63, 3.8) is 0 Å². The van der Waals surface area contributed by atoms with Gasteiger partial charge in [0.25, 0.3) is 0 Å². The van der Waals surface area contributed by atoms with Gasteiger partial charge in [0.05, 0.1) is 5.92 Å². The fourth-order valence-electron chi connectivity index (χ4n) is 4.89. The van der Waals surface area contributed by atoms with E-state index in [9.17, 15) is 18.0 Å². The molecule has 4 rings (SSSR count). The SMILES string of the molecule is CC(C(=O)NCc1ccc(C(F)(F)F)nc1CC1CCCCC1)c1cn(C)c2ccccc12. The molecule has 1 amide bonds. The van der Waals surface area contributed by atoms with Crippen molar-refractivity contribution in [2.45, 2.75) is 64.1 Å². The van der Waals surface area contributed by atoms with Crippen LogP contribution in [0.1, 0.15) is 67.5 Å². The highest BCUT2D eigenvalue weighted by Crippen LogP contribution is 2.32. The lowest BCUT2D eigenvalue weighted by molar-refractivity contribution is -0.141. The van der Waals surface area contributed by atoms with E-state index < -0.39 is 11.9 Å². The Morgan fingerprint density at radius 1 is 1.15 bits per heavy atom. The smallest absolute Gasteiger partial charge is 0.351 e. The second-order valence-electron chi connectivity index (χ2n) is 9.16. The number of nitrogens with one attached hydrogen (secondary N) is 1. The molecule has 0 radical (unpaired) electrons. The van der Waals surface area contributed by atoms with Gasteiger partial charge < -0.3 is 9.88 Å². The zero-order valence-electron chi connectivity index (χ0n) is 19.1. The van der Waals surface area contributed by atoms with E-state index in [-0.39, 0.29) is 18.4 Å². The van der Waals surface area contributed by atoms with Crippen LogP contribution in [0.25, 0.3) is 10.9 Å². The van der Waals surface area contributed by atoms with Crippen molar-refractivity contribution in [2.75, 3.05) is 0 Å². The Labute approximate surface area is 192 Å². The minimum atomic E-state index is -4.48. The number of para-hydroxylation sites is 1. The predicted octanol–water partition coefficient (Wildman–Crippen LogP) is 6.13. The summed E-state index contributed by atoms with van der Waals surface area (Å²) in [4.78, 5) is 17.0. The summed E-state index contributed by atoms with van der Waals surface area (Å²) in [5.41, 5.74) is 2.22. The molecule has 1 atom stereocenters. The highest BCUT2D eigenvalue weighted by Gasteiger charge is 2.33. The molecule has 7 heteroatoms. The van der Waals surface area contributed by atoms with Crippen molar-refractivity contribution in [2.24, 2.45) is 13.0 Å². The average molecular weight is 458 g/mol. The van der Waals surface area contributed by atoms with Gasteiger partial charge in [0.2, 0.25) is 5.91 Å². The second kappa shape index (κ2) is 9.57. The Kier molecular flexibility index (Phi) is 6.77. The van der Waals surface area contributed by atoms with E-state index in [1.807, 2.05) is 49.0 Å². The minimum absolute atomic E-state index is 0.158. The number of hydrogen-bond donors (Lipinski definition) is 1. The number of aryl methyl sites for hydroxylation is 1. The maximum atomic E-state index is 13.3. The van der Waals surface area contributed by atoms with Crippen LogP contribution in [-0.4, -0.2) is 15.5 Å². The maximum Gasteiger partial charge on any atom is 0.433 e. The van der Waals surface area contributed by atoms with E-state index in [1.165, 1.54) is 12.5 Å². The highest BCUT2D eigenvalue weighted by atomic mass is 19.4. The molecule has 0 aliphatic heterocycles. The monoisotopic (exact) mass is 457 g/mol. The van der Waals surface area contributed by atoms with Crippen LogP contribution in [-0.2, 0) is 31.0 Å². The Hall–Kier alpha value is -2.83. The Balaban J connectivity index is 1.52. The van der Waals surface area contributed by atoms with Crippen LogP contribution >= 0.6 is 0 Å². The molecule has 1 aliphatic rings. The van der Waals surface area contributed by atoms with E-state index in [0.717, 1.165) is 48.2 Å². The first kappa shape index (κ1) is 23.3. The third-order valence-corrected chi connectivity index (χ3v) is 6.81. The quantitative estimate of drug-likeness (QED) is 0.484. The largest absolute Gasteiger partial charge is 0.433 e. The van der Waals surface area contributed by atoms with E-state index in [4.69, 9.17) is 0 Å². The molecule has 1 unspecified atom stereocenters. The molecule has 33 heavy (non-hydrogen) atoms. The molecule has 0 saturated heterocycles. The summed E-state index contributed by atoms with van der Waals surface area (Å²) in [6, 6.07) is 10.4. The molecule has 1 aliphatic carbocycles. The predicted molar refractivity (Wildman–Crippen MR) is 123 cm³/mol. The molecule has 1 aromatic carbocycles.